The van der Waals surface area contributed by atoms with Crippen molar-refractivity contribution in [2.75, 3.05) is 7.11 Å². The lowest BCUT2D eigenvalue weighted by Gasteiger charge is -2.07. The Labute approximate surface area is 77.2 Å². The Bertz CT molecular complexity index is 305. The first-order valence-electron chi connectivity index (χ1n) is 3.93. The van der Waals surface area contributed by atoms with Crippen LogP contribution in [0.25, 0.3) is 0 Å². The van der Waals surface area contributed by atoms with Crippen LogP contribution in [-0.2, 0) is 0 Å². The van der Waals surface area contributed by atoms with Gasteiger partial charge in [0.2, 0.25) is 5.75 Å². The zero-order chi connectivity index (χ0) is 9.68. The van der Waals surface area contributed by atoms with Crippen molar-refractivity contribution >= 4 is 0 Å². The van der Waals surface area contributed by atoms with Crippen LogP contribution in [0.1, 0.15) is 6.92 Å². The summed E-state index contributed by atoms with van der Waals surface area (Å²) in [6.07, 6.45) is 3.21. The van der Waals surface area contributed by atoms with E-state index in [0.29, 0.717) is 11.5 Å². The van der Waals surface area contributed by atoms with Gasteiger partial charge in [-0.1, -0.05) is 12.1 Å². The highest BCUT2D eigenvalue weighted by Gasteiger charge is 2.07. The predicted molar refractivity (Wildman–Crippen MR) is 50.1 cm³/mol. The molecule has 0 unspecified atom stereocenters. The van der Waals surface area contributed by atoms with Crippen LogP contribution in [-0.4, -0.2) is 12.2 Å². The Morgan fingerprint density at radius 3 is 2.77 bits per heavy atom. The zero-order valence-corrected chi connectivity index (χ0v) is 7.65. The second kappa shape index (κ2) is 4.40. The standard InChI is InChI=1S/C10H12O3/c1-3-7-13-10-8(11)5-4-6-9(10)12-2/h3-7,11H,1-2H3. The Morgan fingerprint density at radius 1 is 1.38 bits per heavy atom. The predicted octanol–water partition coefficient (Wildman–Crippen LogP) is 2.31. The molecule has 0 atom stereocenters. The summed E-state index contributed by atoms with van der Waals surface area (Å²) in [7, 11) is 1.53. The summed E-state index contributed by atoms with van der Waals surface area (Å²) in [5.74, 6) is 0.915. The van der Waals surface area contributed by atoms with Crippen molar-refractivity contribution < 1.29 is 14.6 Å². The van der Waals surface area contributed by atoms with E-state index in [1.165, 1.54) is 13.4 Å². The Kier molecular flexibility index (Phi) is 3.20. The quantitative estimate of drug-likeness (QED) is 0.725. The molecule has 1 N–H and O–H groups in total. The monoisotopic (exact) mass is 180 g/mol. The number of phenolic OH excluding ortho intramolecular Hbond substituents is 1. The fraction of sp³-hybridized carbons (Fsp3) is 0.200. The smallest absolute Gasteiger partial charge is 0.209 e. The van der Waals surface area contributed by atoms with Crippen LogP contribution in [0.3, 0.4) is 0 Å². The zero-order valence-electron chi connectivity index (χ0n) is 7.65. The van der Waals surface area contributed by atoms with Gasteiger partial charge in [0.25, 0.3) is 0 Å². The van der Waals surface area contributed by atoms with E-state index in [1.54, 1.807) is 24.3 Å². The normalized spacial score (nSPS) is 10.3. The van der Waals surface area contributed by atoms with Gasteiger partial charge in [-0.25, -0.2) is 0 Å². The van der Waals surface area contributed by atoms with Crippen molar-refractivity contribution in [2.24, 2.45) is 0 Å². The number of benzene rings is 1. The molecule has 13 heavy (non-hydrogen) atoms. The lowest BCUT2D eigenvalue weighted by atomic mass is 10.3. The molecule has 1 aromatic carbocycles. The summed E-state index contributed by atoms with van der Waals surface area (Å²) in [6, 6.07) is 4.95. The molecule has 0 aliphatic heterocycles. The molecule has 70 valence electrons. The summed E-state index contributed by atoms with van der Waals surface area (Å²) in [6.45, 7) is 1.83. The molecule has 0 saturated heterocycles. The third-order valence-corrected chi connectivity index (χ3v) is 1.50. The fourth-order valence-corrected chi connectivity index (χ4v) is 0.920. The third-order valence-electron chi connectivity index (χ3n) is 1.50. The molecular formula is C10H12O3. The molecule has 0 fully saturated rings. The SMILES string of the molecule is CC=COc1c(O)cccc1OC. The maximum atomic E-state index is 9.41. The molecule has 1 rings (SSSR count). The first kappa shape index (κ1) is 9.45. The van der Waals surface area contributed by atoms with Crippen LogP contribution in [0.15, 0.2) is 30.5 Å². The van der Waals surface area contributed by atoms with E-state index in [-0.39, 0.29) is 5.75 Å². The molecule has 0 radical (unpaired) electrons. The number of phenols is 1. The highest BCUT2D eigenvalue weighted by molar-refractivity contribution is 5.50. The third kappa shape index (κ3) is 2.15. The minimum Gasteiger partial charge on any atom is -0.504 e. The molecule has 3 heteroatoms. The number of hydrogen-bond acceptors (Lipinski definition) is 3. The van der Waals surface area contributed by atoms with Crippen LogP contribution in [0.2, 0.25) is 0 Å². The molecule has 0 amide bonds. The number of ether oxygens (including phenoxy) is 2. The molecule has 0 aliphatic rings. The summed E-state index contributed by atoms with van der Waals surface area (Å²) in [5.41, 5.74) is 0. The van der Waals surface area contributed by atoms with Crippen molar-refractivity contribution in [3.05, 3.63) is 30.5 Å². The summed E-state index contributed by atoms with van der Waals surface area (Å²) >= 11 is 0. The molecule has 1 aromatic rings. The number of allylic oxidation sites excluding steroid dienone is 1. The summed E-state index contributed by atoms with van der Waals surface area (Å²) < 4.78 is 10.2. The van der Waals surface area contributed by atoms with E-state index < -0.39 is 0 Å². The minimum absolute atomic E-state index is 0.0671. The highest BCUT2D eigenvalue weighted by atomic mass is 16.5. The van der Waals surface area contributed by atoms with E-state index in [0.717, 1.165) is 0 Å². The Hall–Kier alpha value is -1.64. The molecular weight excluding hydrogens is 168 g/mol. The Balaban J connectivity index is 3.00. The first-order valence-corrected chi connectivity index (χ1v) is 3.93. The van der Waals surface area contributed by atoms with Crippen molar-refractivity contribution in [3.63, 3.8) is 0 Å². The van der Waals surface area contributed by atoms with Gasteiger partial charge in [0.15, 0.2) is 11.5 Å². The number of para-hydroxylation sites is 1. The second-order valence-corrected chi connectivity index (χ2v) is 2.40. The average Bonchev–Trinajstić information content (AvgIpc) is 2.15. The molecule has 0 saturated carbocycles. The van der Waals surface area contributed by atoms with E-state index in [1.807, 2.05) is 6.92 Å². The van der Waals surface area contributed by atoms with E-state index in [9.17, 15) is 5.11 Å². The molecule has 0 bridgehead atoms. The van der Waals surface area contributed by atoms with Gasteiger partial charge in [-0.3, -0.25) is 0 Å². The van der Waals surface area contributed by atoms with Gasteiger partial charge < -0.3 is 14.6 Å². The topological polar surface area (TPSA) is 38.7 Å². The fourth-order valence-electron chi connectivity index (χ4n) is 0.920. The lowest BCUT2D eigenvalue weighted by Crippen LogP contribution is -1.89. The maximum Gasteiger partial charge on any atom is 0.209 e. The second-order valence-electron chi connectivity index (χ2n) is 2.40. The van der Waals surface area contributed by atoms with Gasteiger partial charge in [-0.05, 0) is 19.1 Å². The van der Waals surface area contributed by atoms with Gasteiger partial charge in [0.05, 0.1) is 13.4 Å². The summed E-state index contributed by atoms with van der Waals surface area (Å²) in [5, 5.41) is 9.41. The van der Waals surface area contributed by atoms with Gasteiger partial charge in [0, 0.05) is 0 Å². The minimum atomic E-state index is 0.0671. The maximum absolute atomic E-state index is 9.41. The van der Waals surface area contributed by atoms with Gasteiger partial charge in [0.1, 0.15) is 0 Å². The number of aromatic hydroxyl groups is 1. The van der Waals surface area contributed by atoms with Crippen LogP contribution >= 0.6 is 0 Å². The number of hydrogen-bond donors (Lipinski definition) is 1. The molecule has 3 nitrogen and oxygen atoms in total. The summed E-state index contributed by atoms with van der Waals surface area (Å²) in [4.78, 5) is 0. The van der Waals surface area contributed by atoms with E-state index in [4.69, 9.17) is 9.47 Å². The Morgan fingerprint density at radius 2 is 2.15 bits per heavy atom. The lowest BCUT2D eigenvalue weighted by molar-refractivity contribution is 0.357. The molecule has 0 spiro atoms. The largest absolute Gasteiger partial charge is 0.504 e. The molecule has 0 heterocycles. The van der Waals surface area contributed by atoms with Gasteiger partial charge in [-0.2, -0.15) is 0 Å². The molecule has 0 aromatic heterocycles. The van der Waals surface area contributed by atoms with Crippen molar-refractivity contribution in [2.45, 2.75) is 6.92 Å². The highest BCUT2D eigenvalue weighted by Crippen LogP contribution is 2.35. The van der Waals surface area contributed by atoms with E-state index >= 15 is 0 Å². The van der Waals surface area contributed by atoms with Crippen LogP contribution in [0, 0.1) is 0 Å². The van der Waals surface area contributed by atoms with Crippen LogP contribution in [0.5, 0.6) is 17.2 Å². The first-order chi connectivity index (χ1) is 6.29. The van der Waals surface area contributed by atoms with Gasteiger partial charge in [-0.15, -0.1) is 0 Å². The number of methoxy groups -OCH3 is 1. The molecule has 0 aliphatic carbocycles. The van der Waals surface area contributed by atoms with Crippen molar-refractivity contribution in [3.8, 4) is 17.2 Å². The average molecular weight is 180 g/mol. The number of rotatable bonds is 3. The van der Waals surface area contributed by atoms with Crippen molar-refractivity contribution in [1.29, 1.82) is 0 Å². The van der Waals surface area contributed by atoms with Crippen LogP contribution in [0.4, 0.5) is 0 Å². The van der Waals surface area contributed by atoms with Crippen molar-refractivity contribution in [1.82, 2.24) is 0 Å². The van der Waals surface area contributed by atoms with E-state index in [2.05, 4.69) is 0 Å². The van der Waals surface area contributed by atoms with Crippen LogP contribution < -0.4 is 9.47 Å². The van der Waals surface area contributed by atoms with Gasteiger partial charge >= 0.3 is 0 Å².